The Labute approximate surface area is 139 Å². The third kappa shape index (κ3) is 3.99. The van der Waals surface area contributed by atoms with Gasteiger partial charge in [-0.25, -0.2) is 0 Å². The van der Waals surface area contributed by atoms with Crippen molar-refractivity contribution in [2.75, 3.05) is 13.1 Å². The molecule has 0 aliphatic carbocycles. The zero-order valence-corrected chi connectivity index (χ0v) is 14.6. The number of carboxylic acid groups (broad SMARTS) is 1. The first-order valence-corrected chi connectivity index (χ1v) is 8.53. The third-order valence-electron chi connectivity index (χ3n) is 4.31. The van der Waals surface area contributed by atoms with E-state index in [2.05, 4.69) is 20.8 Å². The van der Waals surface area contributed by atoms with E-state index in [9.17, 15) is 9.90 Å². The van der Waals surface area contributed by atoms with Gasteiger partial charge in [-0.05, 0) is 50.6 Å². The average Bonchev–Trinajstić information content (AvgIpc) is 2.66. The van der Waals surface area contributed by atoms with Crippen LogP contribution in [0.1, 0.15) is 44.6 Å². The fraction of sp³-hybridized carbons (Fsp3) is 0.562. The van der Waals surface area contributed by atoms with Crippen LogP contribution in [0, 0.1) is 0 Å². The highest BCUT2D eigenvalue weighted by Gasteiger charge is 2.37. The number of benzene rings is 1. The number of likely N-dealkylation sites (tertiary alicyclic amines) is 1. The van der Waals surface area contributed by atoms with E-state index in [1.54, 1.807) is 0 Å². The van der Waals surface area contributed by atoms with Crippen LogP contribution >= 0.6 is 27.5 Å². The first kappa shape index (κ1) is 16.8. The molecule has 1 saturated heterocycles. The molecule has 3 nitrogen and oxygen atoms in total. The van der Waals surface area contributed by atoms with Crippen molar-refractivity contribution in [2.45, 2.75) is 44.6 Å². The van der Waals surface area contributed by atoms with Gasteiger partial charge in [0.2, 0.25) is 0 Å². The number of aliphatic carboxylic acids is 1. The lowest BCUT2D eigenvalue weighted by molar-refractivity contribution is -0.140. The maximum Gasteiger partial charge on any atom is 0.305 e. The smallest absolute Gasteiger partial charge is 0.305 e. The van der Waals surface area contributed by atoms with E-state index in [4.69, 9.17) is 11.6 Å². The van der Waals surface area contributed by atoms with Gasteiger partial charge in [0, 0.05) is 9.50 Å². The van der Waals surface area contributed by atoms with Crippen molar-refractivity contribution < 1.29 is 9.90 Å². The number of carboxylic acids is 1. The van der Waals surface area contributed by atoms with Crippen LogP contribution in [0.25, 0.3) is 0 Å². The number of hydrogen-bond donors (Lipinski definition) is 1. The highest BCUT2D eigenvalue weighted by atomic mass is 79.9. The Bertz CT molecular complexity index is 515. The summed E-state index contributed by atoms with van der Waals surface area (Å²) in [4.78, 5) is 13.7. The number of rotatable bonds is 4. The molecule has 0 aromatic heterocycles. The molecule has 1 fully saturated rings. The molecule has 1 aliphatic rings. The molecular weight excluding hydrogens is 354 g/mol. The van der Waals surface area contributed by atoms with Gasteiger partial charge in [0.15, 0.2) is 0 Å². The quantitative estimate of drug-likeness (QED) is 0.832. The van der Waals surface area contributed by atoms with Crippen LogP contribution in [0.2, 0.25) is 5.02 Å². The van der Waals surface area contributed by atoms with Crippen molar-refractivity contribution in [2.24, 2.45) is 0 Å². The predicted molar refractivity (Wildman–Crippen MR) is 88.8 cm³/mol. The van der Waals surface area contributed by atoms with Crippen LogP contribution in [-0.2, 0) is 10.3 Å². The average molecular weight is 375 g/mol. The fourth-order valence-corrected chi connectivity index (χ4v) is 4.04. The second kappa shape index (κ2) is 7.12. The Balaban J connectivity index is 2.41. The fourth-order valence-electron chi connectivity index (χ4n) is 3.16. The van der Waals surface area contributed by atoms with Crippen LogP contribution < -0.4 is 0 Å². The molecule has 0 bridgehead atoms. The number of carbonyl (C=O) groups is 1. The van der Waals surface area contributed by atoms with E-state index in [0.717, 1.165) is 36.0 Å². The molecule has 116 valence electrons. The minimum Gasteiger partial charge on any atom is -0.481 e. The lowest BCUT2D eigenvalue weighted by Crippen LogP contribution is -2.46. The SMILES string of the molecule is CC(CC(=O)O)(c1ccc(Br)cc1Cl)N1CCCCCC1. The van der Waals surface area contributed by atoms with Crippen LogP contribution in [0.4, 0.5) is 0 Å². The van der Waals surface area contributed by atoms with Crippen LogP contribution in [0.5, 0.6) is 0 Å². The van der Waals surface area contributed by atoms with Gasteiger partial charge in [-0.3, -0.25) is 9.69 Å². The van der Waals surface area contributed by atoms with Gasteiger partial charge in [0.05, 0.1) is 12.0 Å². The summed E-state index contributed by atoms with van der Waals surface area (Å²) < 4.78 is 0.907. The Kier molecular flexibility index (Phi) is 5.69. The molecule has 1 N–H and O–H groups in total. The van der Waals surface area contributed by atoms with Crippen LogP contribution in [0.15, 0.2) is 22.7 Å². The third-order valence-corrected chi connectivity index (χ3v) is 5.12. The van der Waals surface area contributed by atoms with Gasteiger partial charge >= 0.3 is 5.97 Å². The molecule has 1 atom stereocenters. The molecule has 1 unspecified atom stereocenters. The Morgan fingerprint density at radius 2 is 1.95 bits per heavy atom. The summed E-state index contributed by atoms with van der Waals surface area (Å²) in [6.45, 7) is 3.86. The summed E-state index contributed by atoms with van der Waals surface area (Å²) in [5.74, 6) is -0.791. The van der Waals surface area contributed by atoms with Gasteiger partial charge in [-0.2, -0.15) is 0 Å². The molecule has 1 heterocycles. The number of hydrogen-bond acceptors (Lipinski definition) is 2. The van der Waals surface area contributed by atoms with Crippen molar-refractivity contribution in [1.29, 1.82) is 0 Å². The topological polar surface area (TPSA) is 40.5 Å². The molecule has 1 aromatic carbocycles. The predicted octanol–water partition coefficient (Wildman–Crippen LogP) is 4.67. The minimum atomic E-state index is -0.791. The minimum absolute atomic E-state index is 0.0638. The molecular formula is C16H21BrClNO2. The summed E-state index contributed by atoms with van der Waals surface area (Å²) in [7, 11) is 0. The Hall–Kier alpha value is -0.580. The monoisotopic (exact) mass is 373 g/mol. The van der Waals surface area contributed by atoms with Gasteiger partial charge in [0.25, 0.3) is 0 Å². The summed E-state index contributed by atoms with van der Waals surface area (Å²) in [6.07, 6.45) is 4.72. The largest absolute Gasteiger partial charge is 0.481 e. The van der Waals surface area contributed by atoms with Crippen molar-refractivity contribution in [1.82, 2.24) is 4.90 Å². The van der Waals surface area contributed by atoms with E-state index in [0.29, 0.717) is 5.02 Å². The molecule has 0 spiro atoms. The van der Waals surface area contributed by atoms with E-state index in [-0.39, 0.29) is 6.42 Å². The highest BCUT2D eigenvalue weighted by Crippen LogP contribution is 2.38. The summed E-state index contributed by atoms with van der Waals surface area (Å²) in [6, 6.07) is 5.72. The first-order chi connectivity index (χ1) is 9.93. The first-order valence-electron chi connectivity index (χ1n) is 7.36. The van der Waals surface area contributed by atoms with Crippen LogP contribution in [-0.4, -0.2) is 29.1 Å². The lowest BCUT2D eigenvalue weighted by Gasteiger charge is -2.41. The zero-order valence-electron chi connectivity index (χ0n) is 12.2. The molecule has 21 heavy (non-hydrogen) atoms. The number of nitrogens with zero attached hydrogens (tertiary/aromatic N) is 1. The normalized spacial score (nSPS) is 19.8. The van der Waals surface area contributed by atoms with E-state index in [1.165, 1.54) is 12.8 Å². The van der Waals surface area contributed by atoms with Crippen LogP contribution in [0.3, 0.4) is 0 Å². The van der Waals surface area contributed by atoms with Gasteiger partial charge in [-0.15, -0.1) is 0 Å². The maximum atomic E-state index is 11.4. The highest BCUT2D eigenvalue weighted by molar-refractivity contribution is 9.10. The zero-order chi connectivity index (χ0) is 15.5. The van der Waals surface area contributed by atoms with E-state index < -0.39 is 11.5 Å². The summed E-state index contributed by atoms with van der Waals surface area (Å²) >= 11 is 9.82. The molecule has 0 saturated carbocycles. The summed E-state index contributed by atoms with van der Waals surface area (Å²) in [5.41, 5.74) is 0.338. The van der Waals surface area contributed by atoms with Crippen molar-refractivity contribution >= 4 is 33.5 Å². The van der Waals surface area contributed by atoms with Gasteiger partial charge < -0.3 is 5.11 Å². The van der Waals surface area contributed by atoms with Crippen molar-refractivity contribution in [3.05, 3.63) is 33.3 Å². The molecule has 0 amide bonds. The lowest BCUT2D eigenvalue weighted by atomic mass is 9.86. The molecule has 5 heteroatoms. The maximum absolute atomic E-state index is 11.4. The van der Waals surface area contributed by atoms with E-state index >= 15 is 0 Å². The van der Waals surface area contributed by atoms with Gasteiger partial charge in [0.1, 0.15) is 0 Å². The Morgan fingerprint density at radius 3 is 2.48 bits per heavy atom. The standard InChI is InChI=1S/C16H21BrClNO2/c1-16(11-15(20)21,19-8-4-2-3-5-9-19)13-7-6-12(17)10-14(13)18/h6-7,10H,2-5,8-9,11H2,1H3,(H,20,21). The molecule has 2 rings (SSSR count). The second-order valence-corrected chi connectivity index (χ2v) is 7.19. The molecule has 1 aromatic rings. The molecule has 1 aliphatic heterocycles. The van der Waals surface area contributed by atoms with Crippen molar-refractivity contribution in [3.8, 4) is 0 Å². The number of halogens is 2. The van der Waals surface area contributed by atoms with E-state index in [1.807, 2.05) is 25.1 Å². The summed E-state index contributed by atoms with van der Waals surface area (Å²) in [5, 5.41) is 10.0. The Morgan fingerprint density at radius 1 is 1.33 bits per heavy atom. The second-order valence-electron chi connectivity index (χ2n) is 5.87. The van der Waals surface area contributed by atoms with Gasteiger partial charge in [-0.1, -0.05) is 46.4 Å². The molecule has 0 radical (unpaired) electrons. The van der Waals surface area contributed by atoms with Crippen molar-refractivity contribution in [3.63, 3.8) is 0 Å².